The van der Waals surface area contributed by atoms with Gasteiger partial charge >= 0.3 is 0 Å². The van der Waals surface area contributed by atoms with Crippen molar-refractivity contribution in [2.75, 3.05) is 33.3 Å². The average molecular weight is 445 g/mol. The van der Waals surface area contributed by atoms with Crippen LogP contribution in [-0.2, 0) is 11.8 Å². The number of likely N-dealkylation sites (N-methyl/N-ethyl adjacent to an activating group) is 1. The molecule has 8 nitrogen and oxygen atoms in total. The number of carbonyl (C=O) groups excluding carboxylic acids is 1. The molecule has 1 aromatic carbocycles. The van der Waals surface area contributed by atoms with Crippen LogP contribution in [0, 0.1) is 24.2 Å². The molecule has 5 rings (SSSR count). The molecule has 2 fully saturated rings. The van der Waals surface area contributed by atoms with Crippen LogP contribution in [0.15, 0.2) is 30.5 Å². The molecule has 33 heavy (non-hydrogen) atoms. The predicted molar refractivity (Wildman–Crippen MR) is 125 cm³/mol. The number of hydrogen-bond donors (Lipinski definition) is 0. The maximum absolute atomic E-state index is 12.6. The van der Waals surface area contributed by atoms with Gasteiger partial charge in [-0.3, -0.25) is 9.69 Å². The second-order valence-electron chi connectivity index (χ2n) is 9.21. The zero-order chi connectivity index (χ0) is 23.1. The van der Waals surface area contributed by atoms with E-state index in [9.17, 15) is 10.1 Å². The van der Waals surface area contributed by atoms with Crippen molar-refractivity contribution in [2.24, 2.45) is 13.0 Å². The number of aryl methyl sites for hydroxylation is 2. The smallest absolute Gasteiger partial charge is 0.239 e. The largest absolute Gasteiger partial charge is 0.493 e. The second kappa shape index (κ2) is 8.49. The molecule has 2 aliphatic heterocycles. The monoisotopic (exact) mass is 444 g/mol. The van der Waals surface area contributed by atoms with E-state index in [0.717, 1.165) is 66.1 Å². The number of aromatic nitrogens is 3. The van der Waals surface area contributed by atoms with Crippen molar-refractivity contribution >= 4 is 16.9 Å². The summed E-state index contributed by atoms with van der Waals surface area (Å²) in [6, 6.07) is 10.1. The quantitative estimate of drug-likeness (QED) is 0.601. The van der Waals surface area contributed by atoms with E-state index in [4.69, 9.17) is 4.74 Å². The highest BCUT2D eigenvalue weighted by Gasteiger charge is 2.37. The van der Waals surface area contributed by atoms with E-state index in [1.807, 2.05) is 60.9 Å². The first kappa shape index (κ1) is 21.4. The standard InChI is InChI=1S/C25H28N6O2/c1-16-11-18(23-19-8-10-30(3)24(19)28-22(12-26)27-23)6-7-21(16)33-15-17-13-31(14-17)25(32)20-5-4-9-29(20)2/h6-8,10-11,17,20H,4-5,9,13-15H2,1-3H3/t20-/m0/s1. The van der Waals surface area contributed by atoms with E-state index < -0.39 is 0 Å². The molecule has 8 heteroatoms. The minimum atomic E-state index is 0.0566. The van der Waals surface area contributed by atoms with Crippen LogP contribution in [0.5, 0.6) is 5.75 Å². The molecule has 2 aliphatic rings. The molecule has 3 aromatic rings. The van der Waals surface area contributed by atoms with Crippen molar-refractivity contribution in [2.45, 2.75) is 25.8 Å². The van der Waals surface area contributed by atoms with Crippen molar-refractivity contribution < 1.29 is 9.53 Å². The molecule has 0 spiro atoms. The lowest BCUT2D eigenvalue weighted by Gasteiger charge is -2.41. The average Bonchev–Trinajstić information content (AvgIpc) is 3.38. The van der Waals surface area contributed by atoms with Gasteiger partial charge in [-0.15, -0.1) is 0 Å². The number of rotatable bonds is 5. The Morgan fingerprint density at radius 2 is 2.06 bits per heavy atom. The SMILES string of the molecule is Cc1cc(-c2nc(C#N)nc3c2ccn3C)ccc1OCC1CN(C(=O)[C@@H]2CCCN2C)C1. The van der Waals surface area contributed by atoms with Crippen molar-refractivity contribution in [3.63, 3.8) is 0 Å². The normalized spacial score (nSPS) is 19.0. The summed E-state index contributed by atoms with van der Waals surface area (Å²) in [5.74, 6) is 1.62. The molecule has 2 saturated heterocycles. The first-order chi connectivity index (χ1) is 15.9. The van der Waals surface area contributed by atoms with E-state index in [1.165, 1.54) is 0 Å². The first-order valence-electron chi connectivity index (χ1n) is 11.4. The molecule has 2 aromatic heterocycles. The second-order valence-corrected chi connectivity index (χ2v) is 9.21. The summed E-state index contributed by atoms with van der Waals surface area (Å²) in [7, 11) is 3.94. The van der Waals surface area contributed by atoms with E-state index in [-0.39, 0.29) is 17.8 Å². The van der Waals surface area contributed by atoms with Crippen LogP contribution < -0.4 is 4.74 Å². The third kappa shape index (κ3) is 3.93. The van der Waals surface area contributed by atoms with Crippen molar-refractivity contribution in [1.82, 2.24) is 24.3 Å². The van der Waals surface area contributed by atoms with E-state index >= 15 is 0 Å². The van der Waals surface area contributed by atoms with Crippen LogP contribution in [0.1, 0.15) is 24.2 Å². The van der Waals surface area contributed by atoms with Gasteiger partial charge in [0.15, 0.2) is 0 Å². The van der Waals surface area contributed by atoms with Crippen LogP contribution in [0.3, 0.4) is 0 Å². The number of amides is 1. The molecule has 1 atom stereocenters. The summed E-state index contributed by atoms with van der Waals surface area (Å²) >= 11 is 0. The van der Waals surface area contributed by atoms with E-state index in [1.54, 1.807) is 0 Å². The van der Waals surface area contributed by atoms with Gasteiger partial charge in [0.05, 0.1) is 18.3 Å². The minimum Gasteiger partial charge on any atom is -0.493 e. The van der Waals surface area contributed by atoms with Crippen LogP contribution in [0.4, 0.5) is 0 Å². The number of likely N-dealkylation sites (tertiary alicyclic amines) is 2. The molecule has 0 N–H and O–H groups in total. The van der Waals surface area contributed by atoms with Crippen LogP contribution >= 0.6 is 0 Å². The Kier molecular flexibility index (Phi) is 5.51. The Morgan fingerprint density at radius 3 is 2.76 bits per heavy atom. The number of carbonyl (C=O) groups is 1. The number of nitrogens with zero attached hydrogens (tertiary/aromatic N) is 6. The Labute approximate surface area is 193 Å². The Morgan fingerprint density at radius 1 is 1.24 bits per heavy atom. The summed E-state index contributed by atoms with van der Waals surface area (Å²) in [5, 5.41) is 10.3. The minimum absolute atomic E-state index is 0.0566. The lowest BCUT2D eigenvalue weighted by Crippen LogP contribution is -2.56. The predicted octanol–water partition coefficient (Wildman–Crippen LogP) is 2.75. The number of fused-ring (bicyclic) bond motifs is 1. The van der Waals surface area contributed by atoms with E-state index in [0.29, 0.717) is 12.5 Å². The number of hydrogen-bond acceptors (Lipinski definition) is 6. The maximum Gasteiger partial charge on any atom is 0.239 e. The molecular formula is C25H28N6O2. The highest BCUT2D eigenvalue weighted by Crippen LogP contribution is 2.31. The lowest BCUT2D eigenvalue weighted by atomic mass is 9.99. The maximum atomic E-state index is 12.6. The first-order valence-corrected chi connectivity index (χ1v) is 11.4. The summed E-state index contributed by atoms with van der Waals surface area (Å²) < 4.78 is 8.00. The number of nitriles is 1. The zero-order valence-corrected chi connectivity index (χ0v) is 19.3. The molecule has 0 saturated carbocycles. The van der Waals surface area contributed by atoms with Crippen molar-refractivity contribution in [3.8, 4) is 23.1 Å². The topological polar surface area (TPSA) is 87.3 Å². The molecular weight excluding hydrogens is 416 g/mol. The molecule has 0 radical (unpaired) electrons. The molecule has 4 heterocycles. The van der Waals surface area contributed by atoms with Crippen LogP contribution in [0.25, 0.3) is 22.3 Å². The fourth-order valence-electron chi connectivity index (χ4n) is 4.86. The van der Waals surface area contributed by atoms with E-state index in [2.05, 4.69) is 20.9 Å². The van der Waals surface area contributed by atoms with Crippen LogP contribution in [0.2, 0.25) is 0 Å². The summed E-state index contributed by atoms with van der Waals surface area (Å²) in [6.45, 7) is 5.16. The Hall–Kier alpha value is -3.44. The molecule has 0 unspecified atom stereocenters. The van der Waals surface area contributed by atoms with Gasteiger partial charge in [0.1, 0.15) is 17.5 Å². The van der Waals surface area contributed by atoms with Crippen molar-refractivity contribution in [3.05, 3.63) is 41.9 Å². The van der Waals surface area contributed by atoms with Gasteiger partial charge in [-0.25, -0.2) is 9.97 Å². The zero-order valence-electron chi connectivity index (χ0n) is 19.3. The Balaban J connectivity index is 1.24. The van der Waals surface area contributed by atoms with Crippen molar-refractivity contribution in [1.29, 1.82) is 5.26 Å². The number of ether oxygens (including phenoxy) is 1. The molecule has 0 bridgehead atoms. The van der Waals surface area contributed by atoms with Gasteiger partial charge in [0.25, 0.3) is 0 Å². The third-order valence-corrected chi connectivity index (χ3v) is 6.82. The van der Waals surface area contributed by atoms with Gasteiger partial charge in [-0.05, 0) is 63.2 Å². The fraction of sp³-hybridized carbons (Fsp3) is 0.440. The van der Waals surface area contributed by atoms with Crippen LogP contribution in [-0.4, -0.2) is 69.6 Å². The number of benzene rings is 1. The molecule has 0 aliphatic carbocycles. The summed E-state index contributed by atoms with van der Waals surface area (Å²) in [6.07, 6.45) is 3.99. The van der Waals surface area contributed by atoms with Gasteiger partial charge in [-0.2, -0.15) is 5.26 Å². The Bertz CT molecular complexity index is 1250. The molecule has 170 valence electrons. The summed E-state index contributed by atoms with van der Waals surface area (Å²) in [4.78, 5) is 25.6. The van der Waals surface area contributed by atoms with Gasteiger partial charge < -0.3 is 14.2 Å². The van der Waals surface area contributed by atoms with Gasteiger partial charge in [-0.1, -0.05) is 0 Å². The molecule has 1 amide bonds. The highest BCUT2D eigenvalue weighted by atomic mass is 16.5. The summed E-state index contributed by atoms with van der Waals surface area (Å²) in [5.41, 5.74) is 3.42. The highest BCUT2D eigenvalue weighted by molar-refractivity contribution is 5.91. The fourth-order valence-corrected chi connectivity index (χ4v) is 4.86. The third-order valence-electron chi connectivity index (χ3n) is 6.82. The van der Waals surface area contributed by atoms with Gasteiger partial charge in [0.2, 0.25) is 11.7 Å². The lowest BCUT2D eigenvalue weighted by molar-refractivity contribution is -0.142. The van der Waals surface area contributed by atoms with Gasteiger partial charge in [0, 0.05) is 43.2 Å².